The van der Waals surface area contributed by atoms with Crippen LogP contribution in [0.15, 0.2) is 23.0 Å². The van der Waals surface area contributed by atoms with E-state index in [-0.39, 0.29) is 11.5 Å². The van der Waals surface area contributed by atoms with Gasteiger partial charge in [0.25, 0.3) is 5.56 Å². The minimum Gasteiger partial charge on any atom is -0.339 e. The number of piperidine rings is 1. The van der Waals surface area contributed by atoms with E-state index < -0.39 is 9.96 Å². The van der Waals surface area contributed by atoms with Crippen molar-refractivity contribution in [3.63, 3.8) is 0 Å². The van der Waals surface area contributed by atoms with Crippen molar-refractivity contribution in [2.75, 3.05) is 13.1 Å². The van der Waals surface area contributed by atoms with Crippen LogP contribution in [0.4, 0.5) is 0 Å². The largest absolute Gasteiger partial charge is 0.339 e. The molecular weight excluding hydrogens is 349 g/mol. The smallest absolute Gasteiger partial charge is 0.250 e. The average molecular weight is 365 g/mol. The standard InChI is InChI=1S/C14H16Cl3N3O2/c15-14(16,17)13(18-8-21)19-5-9-4-10(7-19)11-2-1-3-12(22)20(11)6-9/h1-3,8-10,13H,4-7H2,(H,18,21). The first-order valence-electron chi connectivity index (χ1n) is 7.10. The predicted octanol–water partition coefficient (Wildman–Crippen LogP) is 1.71. The Bertz CT molecular complexity index is 628. The van der Waals surface area contributed by atoms with Crippen LogP contribution in [0.3, 0.4) is 0 Å². The van der Waals surface area contributed by atoms with Crippen LogP contribution in [0.5, 0.6) is 0 Å². The maximum Gasteiger partial charge on any atom is 0.250 e. The number of rotatable bonds is 3. The molecule has 1 amide bonds. The van der Waals surface area contributed by atoms with E-state index in [1.54, 1.807) is 12.1 Å². The van der Waals surface area contributed by atoms with Gasteiger partial charge in [0.1, 0.15) is 6.17 Å². The Balaban J connectivity index is 1.89. The number of carbonyl (C=O) groups is 1. The molecule has 0 spiro atoms. The Kier molecular flexibility index (Phi) is 4.42. The van der Waals surface area contributed by atoms with Crippen LogP contribution in [0, 0.1) is 5.92 Å². The summed E-state index contributed by atoms with van der Waals surface area (Å²) in [5, 5.41) is 2.60. The lowest BCUT2D eigenvalue weighted by Crippen LogP contribution is -2.59. The molecule has 0 radical (unpaired) electrons. The second-order valence-corrected chi connectivity index (χ2v) is 8.25. The number of hydrogen-bond acceptors (Lipinski definition) is 3. The first-order chi connectivity index (χ1) is 10.4. The fraction of sp³-hybridized carbons (Fsp3) is 0.571. The van der Waals surface area contributed by atoms with Crippen molar-refractivity contribution in [3.8, 4) is 0 Å². The zero-order valence-electron chi connectivity index (χ0n) is 11.7. The highest BCUT2D eigenvalue weighted by molar-refractivity contribution is 6.68. The summed E-state index contributed by atoms with van der Waals surface area (Å²) in [5.41, 5.74) is 1.05. The van der Waals surface area contributed by atoms with Crippen molar-refractivity contribution in [1.82, 2.24) is 14.8 Å². The molecule has 1 saturated heterocycles. The molecule has 1 N–H and O–H groups in total. The number of halogens is 3. The number of aromatic nitrogens is 1. The van der Waals surface area contributed by atoms with E-state index in [0.29, 0.717) is 32.0 Å². The molecule has 0 aliphatic carbocycles. The fourth-order valence-electron chi connectivity index (χ4n) is 3.62. The number of nitrogens with one attached hydrogen (secondary N) is 1. The van der Waals surface area contributed by atoms with Gasteiger partial charge in [0.2, 0.25) is 10.2 Å². The zero-order valence-corrected chi connectivity index (χ0v) is 14.0. The molecule has 1 aromatic rings. The monoisotopic (exact) mass is 363 g/mol. The van der Waals surface area contributed by atoms with Gasteiger partial charge in [0.05, 0.1) is 0 Å². The van der Waals surface area contributed by atoms with E-state index >= 15 is 0 Å². The maximum absolute atomic E-state index is 12.0. The Morgan fingerprint density at radius 2 is 2.05 bits per heavy atom. The molecule has 22 heavy (non-hydrogen) atoms. The van der Waals surface area contributed by atoms with Crippen molar-refractivity contribution >= 4 is 41.2 Å². The summed E-state index contributed by atoms with van der Waals surface area (Å²) in [5.74, 6) is 0.499. The number of likely N-dealkylation sites (tertiary alicyclic amines) is 1. The summed E-state index contributed by atoms with van der Waals surface area (Å²) < 4.78 is 0.233. The van der Waals surface area contributed by atoms with E-state index in [2.05, 4.69) is 5.32 Å². The van der Waals surface area contributed by atoms with Gasteiger partial charge in [-0.05, 0) is 18.4 Å². The molecule has 3 heterocycles. The van der Waals surface area contributed by atoms with Crippen molar-refractivity contribution in [1.29, 1.82) is 0 Å². The van der Waals surface area contributed by atoms with Gasteiger partial charge in [-0.15, -0.1) is 0 Å². The molecule has 0 saturated carbocycles. The quantitative estimate of drug-likeness (QED) is 0.656. The van der Waals surface area contributed by atoms with Crippen LogP contribution in [-0.2, 0) is 11.3 Å². The van der Waals surface area contributed by atoms with E-state index in [9.17, 15) is 9.59 Å². The Labute approximate surface area is 143 Å². The van der Waals surface area contributed by atoms with Crippen LogP contribution in [0.25, 0.3) is 0 Å². The summed E-state index contributed by atoms with van der Waals surface area (Å²) in [6.45, 7) is 1.98. The number of hydrogen-bond donors (Lipinski definition) is 1. The Morgan fingerprint density at radius 1 is 1.27 bits per heavy atom. The highest BCUT2D eigenvalue weighted by atomic mass is 35.6. The summed E-state index contributed by atoms with van der Waals surface area (Å²) in [6, 6.07) is 5.34. The highest BCUT2D eigenvalue weighted by Gasteiger charge is 2.43. The van der Waals surface area contributed by atoms with E-state index in [4.69, 9.17) is 34.8 Å². The topological polar surface area (TPSA) is 54.3 Å². The van der Waals surface area contributed by atoms with Crippen molar-refractivity contribution in [3.05, 3.63) is 34.2 Å². The molecule has 3 unspecified atom stereocenters. The number of nitrogens with zero attached hydrogens (tertiary/aromatic N) is 2. The van der Waals surface area contributed by atoms with Crippen LogP contribution in [-0.4, -0.2) is 38.9 Å². The Hall–Kier alpha value is -0.750. The zero-order chi connectivity index (χ0) is 15.9. The number of amides is 1. The number of pyridine rings is 1. The first-order valence-corrected chi connectivity index (χ1v) is 8.23. The third-order valence-corrected chi connectivity index (χ3v) is 5.03. The SMILES string of the molecule is O=CNC(N1CC2CC(C1)c1cccc(=O)n1C2)C(Cl)(Cl)Cl. The second kappa shape index (κ2) is 6.04. The summed E-state index contributed by atoms with van der Waals surface area (Å²) >= 11 is 18.0. The molecule has 8 heteroatoms. The molecule has 0 aromatic carbocycles. The molecule has 3 atom stereocenters. The van der Waals surface area contributed by atoms with Crippen molar-refractivity contribution in [2.45, 2.75) is 28.8 Å². The van der Waals surface area contributed by atoms with Gasteiger partial charge in [0.15, 0.2) is 0 Å². The lowest BCUT2D eigenvalue weighted by Gasteiger charge is -2.46. The van der Waals surface area contributed by atoms with Gasteiger partial charge in [-0.1, -0.05) is 40.9 Å². The molecular formula is C14H16Cl3N3O2. The predicted molar refractivity (Wildman–Crippen MR) is 86.4 cm³/mol. The van der Waals surface area contributed by atoms with Crippen LogP contribution in [0.1, 0.15) is 18.0 Å². The third-order valence-electron chi connectivity index (χ3n) is 4.41. The molecule has 2 aliphatic rings. The summed E-state index contributed by atoms with van der Waals surface area (Å²) in [6.07, 6.45) is 0.880. The normalized spacial score (nSPS) is 26.1. The summed E-state index contributed by atoms with van der Waals surface area (Å²) in [7, 11) is 0. The molecule has 3 rings (SSSR count). The van der Waals surface area contributed by atoms with E-state index in [0.717, 1.165) is 12.1 Å². The first kappa shape index (κ1) is 16.1. The molecule has 2 aliphatic heterocycles. The molecule has 2 bridgehead atoms. The highest BCUT2D eigenvalue weighted by Crippen LogP contribution is 2.39. The minimum absolute atomic E-state index is 0.0320. The molecule has 5 nitrogen and oxygen atoms in total. The number of alkyl halides is 3. The van der Waals surface area contributed by atoms with Gasteiger partial charge in [-0.3, -0.25) is 14.5 Å². The summed E-state index contributed by atoms with van der Waals surface area (Å²) in [4.78, 5) is 24.8. The number of fused-ring (bicyclic) bond motifs is 4. The second-order valence-electron chi connectivity index (χ2n) is 5.88. The van der Waals surface area contributed by atoms with Gasteiger partial charge >= 0.3 is 0 Å². The average Bonchev–Trinajstić information content (AvgIpc) is 2.44. The minimum atomic E-state index is -1.61. The Morgan fingerprint density at radius 3 is 2.73 bits per heavy atom. The van der Waals surface area contributed by atoms with E-state index in [1.165, 1.54) is 0 Å². The third kappa shape index (κ3) is 3.00. The van der Waals surface area contributed by atoms with Crippen LogP contribution >= 0.6 is 34.8 Å². The number of carbonyl (C=O) groups excluding carboxylic acids is 1. The van der Waals surface area contributed by atoms with Crippen molar-refractivity contribution < 1.29 is 4.79 Å². The lowest BCUT2D eigenvalue weighted by molar-refractivity contribution is -0.111. The molecule has 120 valence electrons. The molecule has 1 aromatic heterocycles. The van der Waals surface area contributed by atoms with Gasteiger partial charge in [0, 0.05) is 37.3 Å². The van der Waals surface area contributed by atoms with Crippen LogP contribution < -0.4 is 10.9 Å². The maximum atomic E-state index is 12.0. The van der Waals surface area contributed by atoms with Crippen molar-refractivity contribution in [2.24, 2.45) is 5.92 Å². The van der Waals surface area contributed by atoms with Gasteiger partial charge in [-0.25, -0.2) is 0 Å². The molecule has 1 fully saturated rings. The van der Waals surface area contributed by atoms with Gasteiger partial charge < -0.3 is 9.88 Å². The van der Waals surface area contributed by atoms with Gasteiger partial charge in [-0.2, -0.15) is 0 Å². The van der Waals surface area contributed by atoms with Crippen LogP contribution in [0.2, 0.25) is 0 Å². The van der Waals surface area contributed by atoms with E-state index in [1.807, 2.05) is 15.5 Å². The fourth-order valence-corrected chi connectivity index (χ4v) is 4.22. The lowest BCUT2D eigenvalue weighted by atomic mass is 9.83.